The topological polar surface area (TPSA) is 86.7 Å². The molecule has 10 heteroatoms. The minimum atomic E-state index is -0.426. The average Bonchev–Trinajstić information content (AvgIpc) is 3.46. The first kappa shape index (κ1) is 28.3. The summed E-state index contributed by atoms with van der Waals surface area (Å²) in [7, 11) is 1.53. The number of nitrogens with zero attached hydrogens (tertiary/aromatic N) is 4. The molecule has 0 radical (unpaired) electrons. The molecule has 3 aromatic rings. The maximum atomic E-state index is 14.7. The largest absolute Gasteiger partial charge is 0.495 e. The standard InChI is InChI=1S/C31H34FN5O4/c1-40-29-14-8-7-13-26(29)33-31(39)36(16-15-35-17-19-41-20-18-35)22-30(38)37-28(23-9-3-2-4-10-23)21-27(34-37)24-11-5-6-12-25(24)32/h2-14,28H,15-22H2,1H3,(H,33,39)/t28-/m1/s1. The number of halogens is 1. The minimum absolute atomic E-state index is 0.206. The second-order valence-corrected chi connectivity index (χ2v) is 9.90. The fourth-order valence-electron chi connectivity index (χ4n) is 5.05. The summed E-state index contributed by atoms with van der Waals surface area (Å²) < 4.78 is 25.5. The molecule has 1 saturated heterocycles. The van der Waals surface area contributed by atoms with Gasteiger partial charge in [-0.1, -0.05) is 60.7 Å². The van der Waals surface area contributed by atoms with Gasteiger partial charge in [-0.3, -0.25) is 9.69 Å². The van der Waals surface area contributed by atoms with Gasteiger partial charge in [0.1, 0.15) is 18.1 Å². The summed E-state index contributed by atoms with van der Waals surface area (Å²) in [6.07, 6.45) is 0.359. The molecule has 0 saturated carbocycles. The van der Waals surface area contributed by atoms with Crippen molar-refractivity contribution in [1.29, 1.82) is 0 Å². The van der Waals surface area contributed by atoms with Gasteiger partial charge in [0.05, 0.1) is 37.8 Å². The van der Waals surface area contributed by atoms with Crippen molar-refractivity contribution in [2.45, 2.75) is 12.5 Å². The molecule has 1 atom stereocenters. The number of benzene rings is 3. The van der Waals surface area contributed by atoms with E-state index in [0.717, 1.165) is 18.7 Å². The Morgan fingerprint density at radius 2 is 1.73 bits per heavy atom. The normalized spacial score (nSPS) is 17.2. The van der Waals surface area contributed by atoms with Crippen molar-refractivity contribution < 1.29 is 23.5 Å². The molecule has 2 aliphatic rings. The van der Waals surface area contributed by atoms with Crippen molar-refractivity contribution in [3.8, 4) is 5.75 Å². The maximum absolute atomic E-state index is 14.7. The molecular formula is C31H34FN5O4. The van der Waals surface area contributed by atoms with E-state index in [-0.39, 0.29) is 12.5 Å². The molecule has 0 aromatic heterocycles. The SMILES string of the molecule is COc1ccccc1NC(=O)N(CCN1CCOCC1)CC(=O)N1N=C(c2ccccc2F)C[C@@H]1c1ccccc1. The molecule has 0 spiro atoms. The third-order valence-electron chi connectivity index (χ3n) is 7.29. The average molecular weight is 560 g/mol. The Kier molecular flexibility index (Phi) is 9.22. The van der Waals surface area contributed by atoms with Crippen molar-refractivity contribution in [2.75, 3.05) is 58.4 Å². The highest BCUT2D eigenvalue weighted by Crippen LogP contribution is 2.33. The summed E-state index contributed by atoms with van der Waals surface area (Å²) in [6.45, 7) is 3.48. The number of morpholine rings is 1. The Hall–Kier alpha value is -4.28. The molecule has 2 heterocycles. The Morgan fingerprint density at radius 1 is 1.02 bits per heavy atom. The Bertz CT molecular complexity index is 1380. The molecule has 2 aliphatic heterocycles. The zero-order chi connectivity index (χ0) is 28.6. The number of anilines is 1. The maximum Gasteiger partial charge on any atom is 0.322 e. The number of hydrogen-bond acceptors (Lipinski definition) is 6. The molecule has 9 nitrogen and oxygen atoms in total. The van der Waals surface area contributed by atoms with Crippen molar-refractivity contribution in [1.82, 2.24) is 14.8 Å². The van der Waals surface area contributed by atoms with E-state index < -0.39 is 17.9 Å². The number of hydrogen-bond donors (Lipinski definition) is 1. The number of carbonyl (C=O) groups is 2. The summed E-state index contributed by atoms with van der Waals surface area (Å²) in [5, 5.41) is 8.90. The van der Waals surface area contributed by atoms with E-state index in [1.807, 2.05) is 36.4 Å². The summed E-state index contributed by atoms with van der Waals surface area (Å²) in [4.78, 5) is 31.1. The highest BCUT2D eigenvalue weighted by Gasteiger charge is 2.35. The lowest BCUT2D eigenvalue weighted by Gasteiger charge is -2.31. The first-order chi connectivity index (χ1) is 20.0. The first-order valence-electron chi connectivity index (χ1n) is 13.7. The molecule has 1 N–H and O–H groups in total. The van der Waals surface area contributed by atoms with Crippen LogP contribution in [0, 0.1) is 5.82 Å². The summed E-state index contributed by atoms with van der Waals surface area (Å²) in [5.41, 5.74) is 2.24. The molecule has 3 amide bonds. The Balaban J connectivity index is 1.39. The molecule has 41 heavy (non-hydrogen) atoms. The smallest absolute Gasteiger partial charge is 0.322 e. The van der Waals surface area contributed by atoms with Gasteiger partial charge >= 0.3 is 6.03 Å². The molecule has 0 aliphatic carbocycles. The zero-order valence-electron chi connectivity index (χ0n) is 23.0. The van der Waals surface area contributed by atoms with Gasteiger partial charge in [0.15, 0.2) is 0 Å². The number of ether oxygens (including phenoxy) is 2. The van der Waals surface area contributed by atoms with Gasteiger partial charge < -0.3 is 19.7 Å². The molecule has 214 valence electrons. The fourth-order valence-corrected chi connectivity index (χ4v) is 5.05. The van der Waals surface area contributed by atoms with Gasteiger partial charge in [-0.15, -0.1) is 0 Å². The minimum Gasteiger partial charge on any atom is -0.495 e. The van der Waals surface area contributed by atoms with Crippen LogP contribution in [0.3, 0.4) is 0 Å². The van der Waals surface area contributed by atoms with Crippen LogP contribution in [-0.4, -0.2) is 85.5 Å². The third-order valence-corrected chi connectivity index (χ3v) is 7.29. The number of methoxy groups -OCH3 is 1. The van der Waals surface area contributed by atoms with Gasteiger partial charge in [-0.2, -0.15) is 5.10 Å². The van der Waals surface area contributed by atoms with Gasteiger partial charge in [0, 0.05) is 38.2 Å². The second-order valence-electron chi connectivity index (χ2n) is 9.90. The first-order valence-corrected chi connectivity index (χ1v) is 13.7. The van der Waals surface area contributed by atoms with Crippen LogP contribution in [0.2, 0.25) is 0 Å². The summed E-state index contributed by atoms with van der Waals surface area (Å²) in [5.74, 6) is -0.235. The Morgan fingerprint density at radius 3 is 2.49 bits per heavy atom. The highest BCUT2D eigenvalue weighted by atomic mass is 19.1. The van der Waals surface area contributed by atoms with E-state index in [9.17, 15) is 14.0 Å². The van der Waals surface area contributed by atoms with Crippen LogP contribution in [0.1, 0.15) is 23.6 Å². The van der Waals surface area contributed by atoms with E-state index >= 15 is 0 Å². The van der Waals surface area contributed by atoms with Gasteiger partial charge in [-0.25, -0.2) is 14.2 Å². The second kappa shape index (κ2) is 13.4. The number of carbonyl (C=O) groups excluding carboxylic acids is 2. The van der Waals surface area contributed by atoms with Crippen LogP contribution in [0.5, 0.6) is 5.75 Å². The fraction of sp³-hybridized carbons (Fsp3) is 0.323. The zero-order valence-corrected chi connectivity index (χ0v) is 23.0. The van der Waals surface area contributed by atoms with E-state index in [0.29, 0.717) is 55.4 Å². The predicted octanol–water partition coefficient (Wildman–Crippen LogP) is 4.38. The van der Waals surface area contributed by atoms with Crippen molar-refractivity contribution >= 4 is 23.3 Å². The summed E-state index contributed by atoms with van der Waals surface area (Å²) in [6, 6.07) is 22.2. The molecule has 1 fully saturated rings. The van der Waals surface area contributed by atoms with Crippen LogP contribution in [0.15, 0.2) is 84.0 Å². The van der Waals surface area contributed by atoms with Crippen LogP contribution >= 0.6 is 0 Å². The highest BCUT2D eigenvalue weighted by molar-refractivity contribution is 6.03. The van der Waals surface area contributed by atoms with Gasteiger partial charge in [-0.05, 0) is 23.8 Å². The van der Waals surface area contributed by atoms with Crippen molar-refractivity contribution in [3.05, 3.63) is 95.8 Å². The van der Waals surface area contributed by atoms with E-state index in [1.54, 1.807) is 36.4 Å². The predicted molar refractivity (Wildman–Crippen MR) is 154 cm³/mol. The van der Waals surface area contributed by atoms with Crippen molar-refractivity contribution in [2.24, 2.45) is 5.10 Å². The quantitative estimate of drug-likeness (QED) is 0.421. The molecule has 5 rings (SSSR count). The number of amides is 3. The number of hydrazone groups is 1. The van der Waals surface area contributed by atoms with Crippen LogP contribution in [0.4, 0.5) is 14.9 Å². The van der Waals surface area contributed by atoms with Crippen LogP contribution in [-0.2, 0) is 9.53 Å². The molecule has 0 bridgehead atoms. The van der Waals surface area contributed by atoms with Crippen LogP contribution in [0.25, 0.3) is 0 Å². The van der Waals surface area contributed by atoms with Crippen LogP contribution < -0.4 is 10.1 Å². The lowest BCUT2D eigenvalue weighted by Crippen LogP contribution is -2.47. The van der Waals surface area contributed by atoms with E-state index in [1.165, 1.54) is 23.1 Å². The van der Waals surface area contributed by atoms with Gasteiger partial charge in [0.25, 0.3) is 5.91 Å². The summed E-state index contributed by atoms with van der Waals surface area (Å²) >= 11 is 0. The van der Waals surface area contributed by atoms with Crippen molar-refractivity contribution in [3.63, 3.8) is 0 Å². The lowest BCUT2D eigenvalue weighted by atomic mass is 9.98. The van der Waals surface area contributed by atoms with E-state index in [2.05, 4.69) is 15.3 Å². The monoisotopic (exact) mass is 559 g/mol. The number of rotatable bonds is 9. The van der Waals surface area contributed by atoms with E-state index in [4.69, 9.17) is 9.47 Å². The number of urea groups is 1. The van der Waals surface area contributed by atoms with Gasteiger partial charge in [0.2, 0.25) is 0 Å². The molecule has 3 aromatic carbocycles. The lowest BCUT2D eigenvalue weighted by molar-refractivity contribution is -0.133. The molecular weight excluding hydrogens is 525 g/mol. The molecule has 0 unspecified atom stereocenters. The Labute approximate surface area is 239 Å². The number of nitrogens with one attached hydrogen (secondary N) is 1. The third kappa shape index (κ3) is 6.90. The number of para-hydroxylation sites is 2.